The van der Waals surface area contributed by atoms with Crippen molar-refractivity contribution in [3.63, 3.8) is 0 Å². The van der Waals surface area contributed by atoms with Crippen LogP contribution in [0.1, 0.15) is 19.3 Å². The van der Waals surface area contributed by atoms with E-state index in [1.165, 1.54) is 11.4 Å². The van der Waals surface area contributed by atoms with Gasteiger partial charge in [-0.25, -0.2) is 0 Å². The van der Waals surface area contributed by atoms with Crippen LogP contribution in [-0.4, -0.2) is 66.0 Å². The smallest absolute Gasteiger partial charge is 0.304 e. The van der Waals surface area contributed by atoms with E-state index in [0.29, 0.717) is 13.1 Å². The van der Waals surface area contributed by atoms with Crippen LogP contribution in [0.4, 0.5) is 0 Å². The maximum absolute atomic E-state index is 12.3. The first-order chi connectivity index (χ1) is 8.82. The van der Waals surface area contributed by atoms with Crippen molar-refractivity contribution < 1.29 is 23.4 Å². The van der Waals surface area contributed by atoms with E-state index in [2.05, 4.69) is 0 Å². The van der Waals surface area contributed by atoms with Gasteiger partial charge >= 0.3 is 5.97 Å². The molecule has 0 radical (unpaired) electrons. The van der Waals surface area contributed by atoms with Crippen LogP contribution in [0.2, 0.25) is 0 Å². The fourth-order valence-electron chi connectivity index (χ4n) is 2.95. The molecule has 1 heterocycles. The minimum Gasteiger partial charge on any atom is -0.481 e. The van der Waals surface area contributed by atoms with Crippen molar-refractivity contribution in [1.29, 1.82) is 0 Å². The van der Waals surface area contributed by atoms with Crippen LogP contribution < -0.4 is 0 Å². The molecule has 0 amide bonds. The number of aliphatic hydroxyl groups excluding tert-OH is 1. The van der Waals surface area contributed by atoms with Gasteiger partial charge in [-0.15, -0.1) is 0 Å². The number of hydrogen-bond acceptors (Lipinski definition) is 4. The molecular weight excluding hydrogens is 272 g/mol. The normalized spacial score (nSPS) is 31.8. The number of aliphatic carboxylic acids is 1. The van der Waals surface area contributed by atoms with Gasteiger partial charge in [0.25, 0.3) is 10.2 Å². The molecule has 2 aliphatic rings. The Kier molecular flexibility index (Phi) is 4.14. The van der Waals surface area contributed by atoms with Crippen molar-refractivity contribution in [1.82, 2.24) is 8.61 Å². The van der Waals surface area contributed by atoms with Crippen LogP contribution in [-0.2, 0) is 15.0 Å². The van der Waals surface area contributed by atoms with Gasteiger partial charge < -0.3 is 10.2 Å². The Morgan fingerprint density at radius 3 is 2.63 bits per heavy atom. The highest BCUT2D eigenvalue weighted by molar-refractivity contribution is 7.86. The lowest BCUT2D eigenvalue weighted by atomic mass is 10.00. The van der Waals surface area contributed by atoms with Gasteiger partial charge in [-0.2, -0.15) is 17.0 Å². The molecular formula is C11H20N2O5S. The Morgan fingerprint density at radius 2 is 2.05 bits per heavy atom. The second-order valence-corrected chi connectivity index (χ2v) is 7.39. The minimum atomic E-state index is -3.61. The average Bonchev–Trinajstić information content (AvgIpc) is 2.89. The molecule has 0 aromatic rings. The highest BCUT2D eigenvalue weighted by Crippen LogP contribution is 2.39. The second-order valence-electron chi connectivity index (χ2n) is 5.36. The summed E-state index contributed by atoms with van der Waals surface area (Å²) in [6, 6.07) is 0. The third-order valence-corrected chi connectivity index (χ3v) is 6.07. The summed E-state index contributed by atoms with van der Waals surface area (Å²) in [6.45, 7) is 0.735. The number of aliphatic hydroxyl groups is 1. The molecule has 1 saturated heterocycles. The van der Waals surface area contributed by atoms with Crippen molar-refractivity contribution >= 4 is 16.2 Å². The molecule has 1 aliphatic carbocycles. The summed E-state index contributed by atoms with van der Waals surface area (Å²) < 4.78 is 27.0. The molecule has 0 aromatic heterocycles. The summed E-state index contributed by atoms with van der Waals surface area (Å²) in [5, 5.41) is 18.4. The Bertz CT molecular complexity index is 452. The zero-order valence-corrected chi connectivity index (χ0v) is 11.7. The molecule has 2 fully saturated rings. The zero-order chi connectivity index (χ0) is 14.2. The minimum absolute atomic E-state index is 0.0302. The van der Waals surface area contributed by atoms with E-state index in [4.69, 9.17) is 5.11 Å². The number of hydrogen-bond donors (Lipinski definition) is 2. The molecule has 1 saturated carbocycles. The molecule has 3 atom stereocenters. The van der Waals surface area contributed by atoms with E-state index in [1.807, 2.05) is 0 Å². The lowest BCUT2D eigenvalue weighted by Gasteiger charge is -2.24. The Labute approximate surface area is 113 Å². The highest BCUT2D eigenvalue weighted by Gasteiger charge is 2.46. The highest BCUT2D eigenvalue weighted by atomic mass is 32.2. The van der Waals surface area contributed by atoms with Crippen molar-refractivity contribution in [2.45, 2.75) is 25.4 Å². The number of carboxylic acids is 1. The van der Waals surface area contributed by atoms with E-state index in [1.54, 1.807) is 0 Å². The molecule has 3 unspecified atom stereocenters. The van der Waals surface area contributed by atoms with Gasteiger partial charge in [0.2, 0.25) is 0 Å². The van der Waals surface area contributed by atoms with Gasteiger partial charge in [-0.1, -0.05) is 0 Å². The number of fused-ring (bicyclic) bond motifs is 1. The molecule has 0 aromatic carbocycles. The third kappa shape index (κ3) is 2.91. The van der Waals surface area contributed by atoms with Gasteiger partial charge in [-0.05, 0) is 18.8 Å². The molecule has 0 spiro atoms. The van der Waals surface area contributed by atoms with Crippen LogP contribution in [0.25, 0.3) is 0 Å². The third-order valence-electron chi connectivity index (χ3n) is 4.15. The number of carbonyl (C=O) groups is 1. The summed E-state index contributed by atoms with van der Waals surface area (Å²) in [5.74, 6) is -0.754. The summed E-state index contributed by atoms with van der Waals surface area (Å²) in [4.78, 5) is 10.5. The summed E-state index contributed by atoms with van der Waals surface area (Å²) in [6.07, 6.45) is 0.989. The molecule has 19 heavy (non-hydrogen) atoms. The maximum Gasteiger partial charge on any atom is 0.304 e. The Balaban J connectivity index is 1.99. The van der Waals surface area contributed by atoms with E-state index in [0.717, 1.165) is 17.1 Å². The predicted octanol–water partition coefficient (Wildman–Crippen LogP) is -0.660. The molecule has 8 heteroatoms. The van der Waals surface area contributed by atoms with Crippen molar-refractivity contribution in [2.24, 2.45) is 11.8 Å². The average molecular weight is 292 g/mol. The molecule has 7 nitrogen and oxygen atoms in total. The van der Waals surface area contributed by atoms with Crippen LogP contribution in [0.15, 0.2) is 0 Å². The topological polar surface area (TPSA) is 98.2 Å². The standard InChI is InChI=1S/C11H20N2O5S/c1-12(5-4-11(15)16)19(17,18)13-6-8-2-3-10(14)9(8)7-13/h8-10,14H,2-7H2,1H3,(H,15,16). The fourth-order valence-corrected chi connectivity index (χ4v) is 4.41. The monoisotopic (exact) mass is 292 g/mol. The van der Waals surface area contributed by atoms with Gasteiger partial charge in [0, 0.05) is 32.6 Å². The summed E-state index contributed by atoms with van der Waals surface area (Å²) >= 11 is 0. The van der Waals surface area contributed by atoms with Gasteiger partial charge in [0.15, 0.2) is 0 Å². The lowest BCUT2D eigenvalue weighted by Crippen LogP contribution is -2.42. The molecule has 2 rings (SSSR count). The van der Waals surface area contributed by atoms with E-state index < -0.39 is 22.3 Å². The van der Waals surface area contributed by atoms with Crippen LogP contribution >= 0.6 is 0 Å². The summed E-state index contributed by atoms with van der Waals surface area (Å²) in [5.41, 5.74) is 0. The number of nitrogens with zero attached hydrogens (tertiary/aromatic N) is 2. The first-order valence-electron chi connectivity index (χ1n) is 6.43. The number of rotatable bonds is 5. The van der Waals surface area contributed by atoms with Crippen LogP contribution in [0.5, 0.6) is 0 Å². The van der Waals surface area contributed by atoms with Crippen LogP contribution in [0.3, 0.4) is 0 Å². The predicted molar refractivity (Wildman–Crippen MR) is 67.6 cm³/mol. The molecule has 110 valence electrons. The van der Waals surface area contributed by atoms with Gasteiger partial charge in [-0.3, -0.25) is 4.79 Å². The van der Waals surface area contributed by atoms with E-state index in [-0.39, 0.29) is 24.8 Å². The van der Waals surface area contributed by atoms with Gasteiger partial charge in [0.05, 0.1) is 12.5 Å². The first kappa shape index (κ1) is 14.7. The largest absolute Gasteiger partial charge is 0.481 e. The quantitative estimate of drug-likeness (QED) is 0.701. The van der Waals surface area contributed by atoms with Crippen molar-refractivity contribution in [3.8, 4) is 0 Å². The zero-order valence-electron chi connectivity index (χ0n) is 10.9. The second kappa shape index (κ2) is 5.35. The fraction of sp³-hybridized carbons (Fsp3) is 0.909. The molecule has 0 bridgehead atoms. The van der Waals surface area contributed by atoms with Crippen LogP contribution in [0, 0.1) is 11.8 Å². The van der Waals surface area contributed by atoms with E-state index >= 15 is 0 Å². The summed E-state index contributed by atoms with van der Waals surface area (Å²) in [7, 11) is -2.22. The van der Waals surface area contributed by atoms with Crippen molar-refractivity contribution in [2.75, 3.05) is 26.7 Å². The Hall–Kier alpha value is -0.700. The van der Waals surface area contributed by atoms with Gasteiger partial charge in [0.1, 0.15) is 0 Å². The maximum atomic E-state index is 12.3. The Morgan fingerprint density at radius 1 is 1.37 bits per heavy atom. The number of carboxylic acid groups (broad SMARTS) is 1. The SMILES string of the molecule is CN(CCC(=O)O)S(=O)(=O)N1CC2CCC(O)C2C1. The molecule has 1 aliphatic heterocycles. The van der Waals surface area contributed by atoms with E-state index in [9.17, 15) is 18.3 Å². The van der Waals surface area contributed by atoms with Crippen molar-refractivity contribution in [3.05, 3.63) is 0 Å². The molecule has 2 N–H and O–H groups in total. The lowest BCUT2D eigenvalue weighted by molar-refractivity contribution is -0.137. The first-order valence-corrected chi connectivity index (χ1v) is 7.83.